The van der Waals surface area contributed by atoms with Gasteiger partial charge in [-0.1, -0.05) is 48.5 Å². The lowest BCUT2D eigenvalue weighted by Gasteiger charge is -2.17. The first-order valence-electron chi connectivity index (χ1n) is 8.96. The number of amides is 1. The molecule has 1 aliphatic carbocycles. The Bertz CT molecular complexity index is 1150. The van der Waals surface area contributed by atoms with E-state index in [2.05, 4.69) is 5.32 Å². The summed E-state index contributed by atoms with van der Waals surface area (Å²) >= 11 is 0. The van der Waals surface area contributed by atoms with Gasteiger partial charge in [0.2, 0.25) is 0 Å². The van der Waals surface area contributed by atoms with E-state index in [1.807, 2.05) is 0 Å². The number of ketones is 1. The van der Waals surface area contributed by atoms with Crippen LogP contribution in [-0.4, -0.2) is 29.9 Å². The number of carboxylic acids is 1. The average molecular weight is 387 g/mol. The highest BCUT2D eigenvalue weighted by molar-refractivity contribution is 6.24. The zero-order valence-electron chi connectivity index (χ0n) is 15.5. The van der Waals surface area contributed by atoms with Crippen LogP contribution in [0.15, 0.2) is 66.7 Å². The van der Waals surface area contributed by atoms with Crippen molar-refractivity contribution < 1.29 is 24.2 Å². The maximum atomic E-state index is 13.0. The minimum atomic E-state index is -1.26. The Morgan fingerprint density at radius 3 is 2.34 bits per heavy atom. The monoisotopic (exact) mass is 387 g/mol. The molecule has 0 radical (unpaired) electrons. The van der Waals surface area contributed by atoms with Crippen molar-refractivity contribution in [2.45, 2.75) is 6.04 Å². The topological polar surface area (TPSA) is 92.7 Å². The van der Waals surface area contributed by atoms with Crippen LogP contribution in [0.2, 0.25) is 0 Å². The molecule has 2 N–H and O–H groups in total. The van der Waals surface area contributed by atoms with Gasteiger partial charge in [-0.2, -0.15) is 0 Å². The van der Waals surface area contributed by atoms with Gasteiger partial charge >= 0.3 is 5.97 Å². The molecule has 1 aliphatic rings. The van der Waals surface area contributed by atoms with Gasteiger partial charge in [-0.25, -0.2) is 4.79 Å². The highest BCUT2D eigenvalue weighted by atomic mass is 16.5. The van der Waals surface area contributed by atoms with Crippen molar-refractivity contribution in [3.8, 4) is 16.9 Å². The third-order valence-electron chi connectivity index (χ3n) is 4.94. The molecule has 0 aromatic heterocycles. The summed E-state index contributed by atoms with van der Waals surface area (Å²) in [5.41, 5.74) is 2.81. The molecule has 1 unspecified atom stereocenters. The maximum Gasteiger partial charge on any atom is 0.330 e. The molecule has 0 saturated heterocycles. The van der Waals surface area contributed by atoms with Gasteiger partial charge in [-0.3, -0.25) is 9.59 Å². The summed E-state index contributed by atoms with van der Waals surface area (Å²) in [4.78, 5) is 37.5. The molecule has 29 heavy (non-hydrogen) atoms. The summed E-state index contributed by atoms with van der Waals surface area (Å²) in [7, 11) is 1.48. The zero-order valence-corrected chi connectivity index (χ0v) is 15.5. The van der Waals surface area contributed by atoms with Crippen LogP contribution in [0.4, 0.5) is 0 Å². The van der Waals surface area contributed by atoms with Gasteiger partial charge in [-0.15, -0.1) is 0 Å². The Labute approximate surface area is 166 Å². The van der Waals surface area contributed by atoms with Crippen molar-refractivity contribution in [2.75, 3.05) is 7.11 Å². The molecule has 1 atom stereocenters. The first-order chi connectivity index (χ1) is 14.0. The number of ether oxygens (including phenoxy) is 1. The molecule has 6 heteroatoms. The summed E-state index contributed by atoms with van der Waals surface area (Å²) in [5.74, 6) is -1.42. The Morgan fingerprint density at radius 1 is 0.931 bits per heavy atom. The highest BCUT2D eigenvalue weighted by Crippen LogP contribution is 2.38. The number of fused-ring (bicyclic) bond motifs is 3. The van der Waals surface area contributed by atoms with Crippen LogP contribution in [0.5, 0.6) is 5.75 Å². The molecular formula is C23H17NO5. The fourth-order valence-corrected chi connectivity index (χ4v) is 3.58. The van der Waals surface area contributed by atoms with E-state index in [9.17, 15) is 19.5 Å². The second-order valence-electron chi connectivity index (χ2n) is 6.62. The quantitative estimate of drug-likeness (QED) is 0.547. The number of nitrogens with one attached hydrogen (secondary N) is 1. The molecule has 3 aromatic rings. The Kier molecular flexibility index (Phi) is 4.60. The lowest BCUT2D eigenvalue weighted by Crippen LogP contribution is -2.34. The number of carbonyl (C=O) groups excluding carboxylic acids is 2. The lowest BCUT2D eigenvalue weighted by molar-refractivity contribution is -0.139. The van der Waals surface area contributed by atoms with E-state index in [4.69, 9.17) is 4.74 Å². The lowest BCUT2D eigenvalue weighted by atomic mass is 9.98. The second kappa shape index (κ2) is 7.24. The SMILES string of the molecule is COc1cccc(C(NC(=O)c2cccc3c2-c2ccccc2C3=O)C(=O)O)c1. The van der Waals surface area contributed by atoms with E-state index in [1.165, 1.54) is 7.11 Å². The number of carboxylic acid groups (broad SMARTS) is 1. The maximum absolute atomic E-state index is 13.0. The Hall–Kier alpha value is -3.93. The molecule has 1 amide bonds. The van der Waals surface area contributed by atoms with Crippen LogP contribution in [-0.2, 0) is 4.79 Å². The number of carbonyl (C=O) groups is 3. The van der Waals surface area contributed by atoms with E-state index in [0.29, 0.717) is 33.6 Å². The Morgan fingerprint density at radius 2 is 1.62 bits per heavy atom. The van der Waals surface area contributed by atoms with Crippen LogP contribution in [0, 0.1) is 0 Å². The number of hydrogen-bond acceptors (Lipinski definition) is 4. The van der Waals surface area contributed by atoms with Gasteiger partial charge in [0.25, 0.3) is 5.91 Å². The van der Waals surface area contributed by atoms with Crippen molar-refractivity contribution in [3.63, 3.8) is 0 Å². The van der Waals surface area contributed by atoms with Crippen LogP contribution in [0.3, 0.4) is 0 Å². The molecule has 6 nitrogen and oxygen atoms in total. The van der Waals surface area contributed by atoms with Crippen LogP contribution < -0.4 is 10.1 Å². The summed E-state index contributed by atoms with van der Waals surface area (Å²) in [6.45, 7) is 0. The number of benzene rings is 3. The van der Waals surface area contributed by atoms with Crippen molar-refractivity contribution in [2.24, 2.45) is 0 Å². The molecule has 0 heterocycles. The fraction of sp³-hybridized carbons (Fsp3) is 0.0870. The summed E-state index contributed by atoms with van der Waals surface area (Å²) in [5, 5.41) is 12.2. The standard InChI is InChI=1S/C23H17NO5/c1-29-14-7-4-6-13(12-14)20(23(27)28)24-22(26)18-11-5-10-17-19(18)15-8-2-3-9-16(15)21(17)25/h2-12,20H,1H3,(H,24,26)(H,27,28). The summed E-state index contributed by atoms with van der Waals surface area (Å²) in [6, 6.07) is 17.2. The zero-order chi connectivity index (χ0) is 20.5. The van der Waals surface area contributed by atoms with Gasteiger partial charge in [0, 0.05) is 22.3 Å². The number of aliphatic carboxylic acids is 1. The minimum absolute atomic E-state index is 0.146. The minimum Gasteiger partial charge on any atom is -0.497 e. The predicted octanol–water partition coefficient (Wildman–Crippen LogP) is 3.46. The van der Waals surface area contributed by atoms with Gasteiger partial charge in [0.1, 0.15) is 5.75 Å². The van der Waals surface area contributed by atoms with Gasteiger partial charge in [0.15, 0.2) is 11.8 Å². The molecular weight excluding hydrogens is 370 g/mol. The van der Waals surface area contributed by atoms with E-state index in [1.54, 1.807) is 66.7 Å². The highest BCUT2D eigenvalue weighted by Gasteiger charge is 2.31. The molecule has 0 aliphatic heterocycles. The molecule has 0 spiro atoms. The van der Waals surface area contributed by atoms with Crippen LogP contribution in [0.25, 0.3) is 11.1 Å². The first kappa shape index (κ1) is 18.4. The second-order valence-corrected chi connectivity index (χ2v) is 6.62. The van der Waals surface area contributed by atoms with E-state index >= 15 is 0 Å². The summed E-state index contributed by atoms with van der Waals surface area (Å²) < 4.78 is 5.14. The van der Waals surface area contributed by atoms with Crippen molar-refractivity contribution in [1.29, 1.82) is 0 Å². The smallest absolute Gasteiger partial charge is 0.330 e. The fourth-order valence-electron chi connectivity index (χ4n) is 3.58. The predicted molar refractivity (Wildman–Crippen MR) is 106 cm³/mol. The third-order valence-corrected chi connectivity index (χ3v) is 4.94. The van der Waals surface area contributed by atoms with Gasteiger partial charge in [-0.05, 0) is 29.3 Å². The molecule has 3 aromatic carbocycles. The number of rotatable bonds is 5. The van der Waals surface area contributed by atoms with Crippen molar-refractivity contribution in [3.05, 3.63) is 89.0 Å². The molecule has 144 valence electrons. The largest absolute Gasteiger partial charge is 0.497 e. The molecule has 4 rings (SSSR count). The first-order valence-corrected chi connectivity index (χ1v) is 8.96. The Balaban J connectivity index is 1.73. The normalized spacial score (nSPS) is 12.7. The van der Waals surface area contributed by atoms with E-state index < -0.39 is 17.9 Å². The van der Waals surface area contributed by atoms with Gasteiger partial charge in [0.05, 0.1) is 7.11 Å². The van der Waals surface area contributed by atoms with Crippen molar-refractivity contribution in [1.82, 2.24) is 5.32 Å². The van der Waals surface area contributed by atoms with E-state index in [0.717, 1.165) is 0 Å². The third kappa shape index (κ3) is 3.14. The molecule has 0 saturated carbocycles. The van der Waals surface area contributed by atoms with Crippen LogP contribution in [0.1, 0.15) is 37.9 Å². The summed E-state index contributed by atoms with van der Waals surface area (Å²) in [6.07, 6.45) is 0. The average Bonchev–Trinajstić information content (AvgIpc) is 3.04. The van der Waals surface area contributed by atoms with Crippen LogP contribution >= 0.6 is 0 Å². The number of hydrogen-bond donors (Lipinski definition) is 2. The molecule has 0 fully saturated rings. The van der Waals surface area contributed by atoms with Crippen molar-refractivity contribution >= 4 is 17.7 Å². The van der Waals surface area contributed by atoms with Gasteiger partial charge < -0.3 is 15.2 Å². The van der Waals surface area contributed by atoms with E-state index in [-0.39, 0.29) is 11.3 Å². The molecule has 0 bridgehead atoms. The number of methoxy groups -OCH3 is 1.